The third-order valence-electron chi connectivity index (χ3n) is 3.14. The first-order valence-corrected chi connectivity index (χ1v) is 5.75. The molecule has 0 bridgehead atoms. The quantitative estimate of drug-likeness (QED) is 0.809. The van der Waals surface area contributed by atoms with Gasteiger partial charge in [0.25, 0.3) is 0 Å². The Labute approximate surface area is 99.1 Å². The third kappa shape index (κ3) is 1.78. The minimum Gasteiger partial charge on any atom is -0.506 e. The van der Waals surface area contributed by atoms with Crippen LogP contribution in [0.1, 0.15) is 18.2 Å². The van der Waals surface area contributed by atoms with Gasteiger partial charge in [0.2, 0.25) is 0 Å². The maximum absolute atomic E-state index is 9.86. The van der Waals surface area contributed by atoms with Crippen molar-refractivity contribution in [3.63, 3.8) is 0 Å². The van der Waals surface area contributed by atoms with E-state index >= 15 is 0 Å². The number of aromatic hydroxyl groups is 1. The van der Waals surface area contributed by atoms with Gasteiger partial charge in [0.1, 0.15) is 17.9 Å². The fraction of sp³-hybridized carbons (Fsp3) is 0.333. The number of hydrogen-bond donors (Lipinski definition) is 2. The normalized spacial score (nSPS) is 19.6. The van der Waals surface area contributed by atoms with Gasteiger partial charge in [-0.1, -0.05) is 12.1 Å². The van der Waals surface area contributed by atoms with Gasteiger partial charge in [-0.25, -0.2) is 0 Å². The number of nitrogens with one attached hydrogen (secondary N) is 1. The molecule has 0 spiro atoms. The minimum absolute atomic E-state index is 0.250. The summed E-state index contributed by atoms with van der Waals surface area (Å²) in [7, 11) is 0. The zero-order valence-corrected chi connectivity index (χ0v) is 9.37. The summed E-state index contributed by atoms with van der Waals surface area (Å²) in [6.07, 6.45) is 2.72. The fourth-order valence-electron chi connectivity index (χ4n) is 2.25. The first-order chi connectivity index (χ1) is 8.36. The van der Waals surface area contributed by atoms with E-state index in [4.69, 9.17) is 0 Å². The standard InChI is InChI=1S/C12H14N4O/c17-11-4-2-1-3-10(11)16-8-14-15-12(16)9-5-6-13-7-9/h1-4,8-9,13,17H,5-7H2. The van der Waals surface area contributed by atoms with Crippen LogP contribution in [0.2, 0.25) is 0 Å². The Hall–Kier alpha value is -1.88. The van der Waals surface area contributed by atoms with Crippen LogP contribution in [-0.4, -0.2) is 33.0 Å². The highest BCUT2D eigenvalue weighted by Crippen LogP contribution is 2.26. The molecule has 1 unspecified atom stereocenters. The molecule has 88 valence electrons. The third-order valence-corrected chi connectivity index (χ3v) is 3.14. The van der Waals surface area contributed by atoms with E-state index in [-0.39, 0.29) is 5.75 Å². The summed E-state index contributed by atoms with van der Waals surface area (Å²) in [5.41, 5.74) is 0.736. The van der Waals surface area contributed by atoms with Gasteiger partial charge in [-0.2, -0.15) is 0 Å². The molecule has 0 amide bonds. The van der Waals surface area contributed by atoms with Gasteiger partial charge >= 0.3 is 0 Å². The summed E-state index contributed by atoms with van der Waals surface area (Å²) in [5, 5.41) is 21.3. The Bertz CT molecular complexity index is 517. The Morgan fingerprint density at radius 2 is 2.24 bits per heavy atom. The van der Waals surface area contributed by atoms with Crippen LogP contribution < -0.4 is 5.32 Å². The number of nitrogens with zero attached hydrogens (tertiary/aromatic N) is 3. The second-order valence-electron chi connectivity index (χ2n) is 4.24. The summed E-state index contributed by atoms with van der Waals surface area (Å²) in [5.74, 6) is 1.54. The van der Waals surface area contributed by atoms with Crippen LogP contribution in [0.3, 0.4) is 0 Å². The average molecular weight is 230 g/mol. The first kappa shape index (κ1) is 10.3. The molecule has 1 aliphatic rings. The number of aromatic nitrogens is 3. The van der Waals surface area contributed by atoms with E-state index in [1.807, 2.05) is 16.7 Å². The van der Waals surface area contributed by atoms with E-state index in [0.717, 1.165) is 31.0 Å². The van der Waals surface area contributed by atoms with Gasteiger partial charge < -0.3 is 10.4 Å². The van der Waals surface area contributed by atoms with Crippen molar-refractivity contribution in [2.45, 2.75) is 12.3 Å². The molecule has 3 rings (SSSR count). The van der Waals surface area contributed by atoms with Crippen molar-refractivity contribution in [1.29, 1.82) is 0 Å². The predicted molar refractivity (Wildman–Crippen MR) is 63.3 cm³/mol. The second kappa shape index (κ2) is 4.18. The lowest BCUT2D eigenvalue weighted by Crippen LogP contribution is -2.11. The van der Waals surface area contributed by atoms with Crippen molar-refractivity contribution in [3.05, 3.63) is 36.4 Å². The lowest BCUT2D eigenvalue weighted by molar-refractivity contribution is 0.471. The van der Waals surface area contributed by atoms with E-state index in [9.17, 15) is 5.11 Å². The molecule has 0 saturated carbocycles. The number of rotatable bonds is 2. The van der Waals surface area contributed by atoms with Crippen molar-refractivity contribution in [3.8, 4) is 11.4 Å². The summed E-state index contributed by atoms with van der Waals surface area (Å²) in [6.45, 7) is 1.94. The van der Waals surface area contributed by atoms with Crippen molar-refractivity contribution in [2.75, 3.05) is 13.1 Å². The van der Waals surface area contributed by atoms with Crippen molar-refractivity contribution < 1.29 is 5.11 Å². The predicted octanol–water partition coefficient (Wildman–Crippen LogP) is 1.05. The van der Waals surface area contributed by atoms with Gasteiger partial charge in [-0.15, -0.1) is 10.2 Å². The van der Waals surface area contributed by atoms with Crippen LogP contribution in [0.4, 0.5) is 0 Å². The number of hydrogen-bond acceptors (Lipinski definition) is 4. The molecule has 2 heterocycles. The van der Waals surface area contributed by atoms with E-state index in [2.05, 4.69) is 15.5 Å². The minimum atomic E-state index is 0.250. The molecule has 1 saturated heterocycles. The zero-order valence-electron chi connectivity index (χ0n) is 9.37. The van der Waals surface area contributed by atoms with Crippen LogP contribution in [-0.2, 0) is 0 Å². The summed E-state index contributed by atoms with van der Waals surface area (Å²) in [4.78, 5) is 0. The molecule has 2 aromatic rings. The molecular formula is C12H14N4O. The molecule has 0 aliphatic carbocycles. The molecular weight excluding hydrogens is 216 g/mol. The molecule has 1 aliphatic heterocycles. The molecule has 17 heavy (non-hydrogen) atoms. The first-order valence-electron chi connectivity index (χ1n) is 5.75. The molecule has 0 radical (unpaired) electrons. The van der Waals surface area contributed by atoms with Crippen molar-refractivity contribution in [2.24, 2.45) is 0 Å². The highest BCUT2D eigenvalue weighted by Gasteiger charge is 2.23. The molecule has 2 N–H and O–H groups in total. The number of phenols is 1. The summed E-state index contributed by atoms with van der Waals surface area (Å²) in [6, 6.07) is 7.24. The largest absolute Gasteiger partial charge is 0.506 e. The zero-order chi connectivity index (χ0) is 11.7. The molecule has 5 nitrogen and oxygen atoms in total. The maximum atomic E-state index is 9.86. The van der Waals surface area contributed by atoms with E-state index in [1.165, 1.54) is 0 Å². The Kier molecular flexibility index (Phi) is 2.53. The van der Waals surface area contributed by atoms with Crippen molar-refractivity contribution >= 4 is 0 Å². The molecule has 1 aromatic heterocycles. The lowest BCUT2D eigenvalue weighted by atomic mass is 10.1. The van der Waals surface area contributed by atoms with Crippen LogP contribution >= 0.6 is 0 Å². The van der Waals surface area contributed by atoms with Gasteiger partial charge in [-0.05, 0) is 25.1 Å². The summed E-state index contributed by atoms with van der Waals surface area (Å²) >= 11 is 0. The monoisotopic (exact) mass is 230 g/mol. The number of phenolic OH excluding ortho intramolecular Hbond substituents is 1. The van der Waals surface area contributed by atoms with Gasteiger partial charge in [0, 0.05) is 12.5 Å². The Morgan fingerprint density at radius 3 is 3.00 bits per heavy atom. The lowest BCUT2D eigenvalue weighted by Gasteiger charge is -2.11. The highest BCUT2D eigenvalue weighted by atomic mass is 16.3. The highest BCUT2D eigenvalue weighted by molar-refractivity contribution is 5.46. The van der Waals surface area contributed by atoms with E-state index in [1.54, 1.807) is 18.5 Å². The van der Waals surface area contributed by atoms with Crippen LogP contribution in [0, 0.1) is 0 Å². The Balaban J connectivity index is 2.04. The topological polar surface area (TPSA) is 63.0 Å². The van der Waals surface area contributed by atoms with E-state index < -0.39 is 0 Å². The second-order valence-corrected chi connectivity index (χ2v) is 4.24. The fourth-order valence-corrected chi connectivity index (χ4v) is 2.25. The SMILES string of the molecule is Oc1ccccc1-n1cnnc1C1CCNC1. The number of benzene rings is 1. The molecule has 1 aromatic carbocycles. The van der Waals surface area contributed by atoms with Gasteiger partial charge in [0.05, 0.1) is 5.69 Å². The number of para-hydroxylation sites is 2. The molecule has 1 fully saturated rings. The summed E-state index contributed by atoms with van der Waals surface area (Å²) < 4.78 is 1.87. The molecule has 5 heteroatoms. The van der Waals surface area contributed by atoms with Gasteiger partial charge in [0.15, 0.2) is 0 Å². The average Bonchev–Trinajstić information content (AvgIpc) is 3.00. The van der Waals surface area contributed by atoms with Crippen LogP contribution in [0.25, 0.3) is 5.69 Å². The van der Waals surface area contributed by atoms with Gasteiger partial charge in [-0.3, -0.25) is 4.57 Å². The van der Waals surface area contributed by atoms with E-state index in [0.29, 0.717) is 5.92 Å². The van der Waals surface area contributed by atoms with Crippen LogP contribution in [0.5, 0.6) is 5.75 Å². The van der Waals surface area contributed by atoms with Crippen LogP contribution in [0.15, 0.2) is 30.6 Å². The maximum Gasteiger partial charge on any atom is 0.141 e. The molecule has 1 atom stereocenters. The smallest absolute Gasteiger partial charge is 0.141 e. The van der Waals surface area contributed by atoms with Crippen molar-refractivity contribution in [1.82, 2.24) is 20.1 Å². The Morgan fingerprint density at radius 1 is 1.35 bits per heavy atom.